The first-order valence-electron chi connectivity index (χ1n) is 11.4. The Morgan fingerprint density at radius 3 is 2.38 bits per heavy atom. The number of nitrogens with zero attached hydrogens (tertiary/aromatic N) is 1. The summed E-state index contributed by atoms with van der Waals surface area (Å²) >= 11 is 6.39. The zero-order valence-electron chi connectivity index (χ0n) is 20.4. The molecule has 0 bridgehead atoms. The summed E-state index contributed by atoms with van der Waals surface area (Å²) in [6.45, 7) is 2.20. The Hall–Kier alpha value is -4.30. The van der Waals surface area contributed by atoms with Gasteiger partial charge in [-0.2, -0.15) is 0 Å². The number of benzene rings is 3. The summed E-state index contributed by atoms with van der Waals surface area (Å²) < 4.78 is 15.8. The number of methoxy groups -OCH3 is 2. The molecule has 37 heavy (non-hydrogen) atoms. The third kappa shape index (κ3) is 4.75. The van der Waals surface area contributed by atoms with Gasteiger partial charge in [0.25, 0.3) is 11.7 Å². The van der Waals surface area contributed by atoms with Crippen LogP contribution in [0.2, 0.25) is 5.02 Å². The van der Waals surface area contributed by atoms with Gasteiger partial charge in [-0.05, 0) is 55.5 Å². The molecule has 0 spiro atoms. The van der Waals surface area contributed by atoms with E-state index >= 15 is 0 Å². The molecule has 0 aliphatic carbocycles. The van der Waals surface area contributed by atoms with Gasteiger partial charge in [-0.3, -0.25) is 14.5 Å². The number of aliphatic hydroxyl groups is 1. The Morgan fingerprint density at radius 1 is 1.03 bits per heavy atom. The number of carbonyl (C=O) groups excluding carboxylic acids is 3. The van der Waals surface area contributed by atoms with E-state index in [4.69, 9.17) is 25.8 Å². The number of hydrogen-bond acceptors (Lipinski definition) is 7. The van der Waals surface area contributed by atoms with Crippen LogP contribution in [0.1, 0.15) is 34.5 Å². The van der Waals surface area contributed by atoms with Crippen molar-refractivity contribution in [2.24, 2.45) is 0 Å². The molecule has 1 aliphatic rings. The number of para-hydroxylation sites is 1. The quantitative estimate of drug-likeness (QED) is 0.198. The number of Topliss-reactive ketones (excluding diaryl/α,β-unsaturated/α-hetero) is 1. The van der Waals surface area contributed by atoms with E-state index in [2.05, 4.69) is 0 Å². The molecule has 1 N–H and O–H groups in total. The summed E-state index contributed by atoms with van der Waals surface area (Å²) in [4.78, 5) is 40.0. The van der Waals surface area contributed by atoms with Gasteiger partial charge in [-0.25, -0.2) is 4.79 Å². The van der Waals surface area contributed by atoms with Crippen molar-refractivity contribution in [2.45, 2.75) is 13.0 Å². The lowest BCUT2D eigenvalue weighted by atomic mass is 9.94. The van der Waals surface area contributed by atoms with Gasteiger partial charge in [-0.1, -0.05) is 29.8 Å². The molecule has 1 heterocycles. The van der Waals surface area contributed by atoms with Crippen molar-refractivity contribution in [2.75, 3.05) is 25.7 Å². The Morgan fingerprint density at radius 2 is 1.73 bits per heavy atom. The van der Waals surface area contributed by atoms with Crippen LogP contribution in [-0.4, -0.2) is 43.6 Å². The smallest absolute Gasteiger partial charge is 0.337 e. The number of ketones is 1. The van der Waals surface area contributed by atoms with Crippen LogP contribution in [0.25, 0.3) is 5.76 Å². The lowest BCUT2D eigenvalue weighted by Gasteiger charge is -2.26. The first-order chi connectivity index (χ1) is 17.8. The summed E-state index contributed by atoms with van der Waals surface area (Å²) in [6, 6.07) is 16.6. The Kier molecular flexibility index (Phi) is 7.50. The van der Waals surface area contributed by atoms with Crippen molar-refractivity contribution in [3.05, 3.63) is 94.0 Å². The lowest BCUT2D eigenvalue weighted by Crippen LogP contribution is -2.29. The predicted octanol–water partition coefficient (Wildman–Crippen LogP) is 5.16. The second kappa shape index (κ2) is 10.8. The summed E-state index contributed by atoms with van der Waals surface area (Å²) in [5.74, 6) is -1.91. The zero-order valence-corrected chi connectivity index (χ0v) is 21.1. The van der Waals surface area contributed by atoms with E-state index in [1.807, 2.05) is 6.92 Å². The number of esters is 1. The van der Waals surface area contributed by atoms with Gasteiger partial charge in [0, 0.05) is 16.8 Å². The van der Waals surface area contributed by atoms with Crippen LogP contribution in [0, 0.1) is 0 Å². The van der Waals surface area contributed by atoms with Crippen molar-refractivity contribution in [1.82, 2.24) is 0 Å². The van der Waals surface area contributed by atoms with E-state index in [0.717, 1.165) is 0 Å². The normalized spacial score (nSPS) is 16.5. The molecule has 0 saturated carbocycles. The van der Waals surface area contributed by atoms with E-state index in [-0.39, 0.29) is 21.7 Å². The minimum Gasteiger partial charge on any atom is -0.507 e. The number of hydrogen-bond donors (Lipinski definition) is 1. The van der Waals surface area contributed by atoms with Crippen LogP contribution in [0.4, 0.5) is 5.69 Å². The highest BCUT2D eigenvalue weighted by Crippen LogP contribution is 2.45. The van der Waals surface area contributed by atoms with Crippen LogP contribution in [0.3, 0.4) is 0 Å². The average molecular weight is 522 g/mol. The molecular weight excluding hydrogens is 498 g/mol. The van der Waals surface area contributed by atoms with Crippen LogP contribution in [-0.2, 0) is 14.3 Å². The number of ether oxygens (including phenoxy) is 3. The Labute approximate surface area is 218 Å². The molecule has 3 aromatic carbocycles. The Bertz CT molecular complexity index is 1400. The molecule has 0 aromatic heterocycles. The topological polar surface area (TPSA) is 102 Å². The summed E-state index contributed by atoms with van der Waals surface area (Å²) in [7, 11) is 2.74. The van der Waals surface area contributed by atoms with Crippen LogP contribution in [0.15, 0.2) is 72.3 Å². The lowest BCUT2D eigenvalue weighted by molar-refractivity contribution is -0.132. The molecule has 8 nitrogen and oxygen atoms in total. The highest BCUT2D eigenvalue weighted by atomic mass is 35.5. The van der Waals surface area contributed by atoms with Gasteiger partial charge in [0.05, 0.1) is 43.0 Å². The van der Waals surface area contributed by atoms with Gasteiger partial charge in [0.2, 0.25) is 0 Å². The molecule has 190 valence electrons. The van der Waals surface area contributed by atoms with E-state index in [1.54, 1.807) is 36.4 Å². The van der Waals surface area contributed by atoms with Gasteiger partial charge >= 0.3 is 5.97 Å². The molecule has 1 aliphatic heterocycles. The largest absolute Gasteiger partial charge is 0.507 e. The van der Waals surface area contributed by atoms with E-state index < -0.39 is 29.5 Å². The van der Waals surface area contributed by atoms with Crippen molar-refractivity contribution in [3.63, 3.8) is 0 Å². The Balaban J connectivity index is 1.95. The van der Waals surface area contributed by atoms with E-state index in [1.165, 1.54) is 49.5 Å². The van der Waals surface area contributed by atoms with Gasteiger partial charge in [-0.15, -0.1) is 0 Å². The maximum Gasteiger partial charge on any atom is 0.337 e. The monoisotopic (exact) mass is 521 g/mol. The third-order valence-corrected chi connectivity index (χ3v) is 6.28. The van der Waals surface area contributed by atoms with Crippen LogP contribution < -0.4 is 14.4 Å². The summed E-state index contributed by atoms with van der Waals surface area (Å²) in [5, 5.41) is 11.6. The molecule has 1 atom stereocenters. The minimum absolute atomic E-state index is 0.145. The summed E-state index contributed by atoms with van der Waals surface area (Å²) in [5.41, 5.74) is 1.06. The van der Waals surface area contributed by atoms with Crippen molar-refractivity contribution in [3.8, 4) is 11.5 Å². The maximum atomic E-state index is 13.4. The maximum absolute atomic E-state index is 13.4. The van der Waals surface area contributed by atoms with Crippen LogP contribution >= 0.6 is 11.6 Å². The average Bonchev–Trinajstić information content (AvgIpc) is 3.19. The number of amides is 1. The number of anilines is 1. The molecule has 9 heteroatoms. The SMILES string of the molecule is CCOc1ccc(Cl)c(/C(O)=C2\C(=O)C(=O)N(c3ccc(C(=O)OC)cc3)C2c2ccccc2OC)c1. The first-order valence-corrected chi connectivity index (χ1v) is 11.7. The molecule has 1 unspecified atom stereocenters. The van der Waals surface area contributed by atoms with Gasteiger partial charge in [0.15, 0.2) is 0 Å². The fourth-order valence-electron chi connectivity index (χ4n) is 4.25. The summed E-state index contributed by atoms with van der Waals surface area (Å²) in [6.07, 6.45) is 0. The van der Waals surface area contributed by atoms with Crippen molar-refractivity contribution in [1.29, 1.82) is 0 Å². The minimum atomic E-state index is -1.05. The molecule has 0 radical (unpaired) electrons. The zero-order chi connectivity index (χ0) is 26.7. The van der Waals surface area contributed by atoms with Gasteiger partial charge < -0.3 is 19.3 Å². The fraction of sp³-hybridized carbons (Fsp3) is 0.179. The number of aliphatic hydroxyl groups excluding tert-OH is 1. The third-order valence-electron chi connectivity index (χ3n) is 5.95. The predicted molar refractivity (Wildman–Crippen MR) is 138 cm³/mol. The fourth-order valence-corrected chi connectivity index (χ4v) is 4.46. The highest BCUT2D eigenvalue weighted by molar-refractivity contribution is 6.52. The molecular formula is C28H24ClNO7. The molecule has 1 amide bonds. The van der Waals surface area contributed by atoms with Crippen molar-refractivity contribution < 1.29 is 33.7 Å². The molecule has 4 rings (SSSR count). The van der Waals surface area contributed by atoms with Gasteiger partial charge in [0.1, 0.15) is 17.3 Å². The molecule has 3 aromatic rings. The second-order valence-corrected chi connectivity index (χ2v) is 8.43. The molecule has 1 saturated heterocycles. The van der Waals surface area contributed by atoms with Crippen LogP contribution in [0.5, 0.6) is 11.5 Å². The molecule has 1 fully saturated rings. The van der Waals surface area contributed by atoms with E-state index in [0.29, 0.717) is 29.4 Å². The number of carbonyl (C=O) groups is 3. The van der Waals surface area contributed by atoms with Crippen molar-refractivity contribution >= 4 is 40.7 Å². The second-order valence-electron chi connectivity index (χ2n) is 8.02. The highest BCUT2D eigenvalue weighted by Gasteiger charge is 2.48. The number of halogens is 1. The number of rotatable bonds is 7. The standard InChI is InChI=1S/C28H24ClNO7/c1-4-37-18-13-14-21(29)20(15-18)25(31)23-24(19-7-5-6-8-22(19)35-2)30(27(33)26(23)32)17-11-9-16(10-12-17)28(34)36-3/h5-15,24,31H,4H2,1-3H3/b25-23+. The van der Waals surface area contributed by atoms with E-state index in [9.17, 15) is 19.5 Å². The first kappa shape index (κ1) is 25.8.